The van der Waals surface area contributed by atoms with Gasteiger partial charge in [-0.15, -0.1) is 0 Å². The lowest BCUT2D eigenvalue weighted by Gasteiger charge is -2.11. The number of hydrogen-bond acceptors (Lipinski definition) is 3. The van der Waals surface area contributed by atoms with Gasteiger partial charge in [0, 0.05) is 18.9 Å². The summed E-state index contributed by atoms with van der Waals surface area (Å²) < 4.78 is 5.50. The van der Waals surface area contributed by atoms with Crippen molar-refractivity contribution in [1.29, 1.82) is 0 Å². The molecule has 0 aliphatic rings. The van der Waals surface area contributed by atoms with Crippen molar-refractivity contribution in [3.05, 3.63) is 59.9 Å². The van der Waals surface area contributed by atoms with E-state index in [-0.39, 0.29) is 12.5 Å². The smallest absolute Gasteiger partial charge is 0.258 e. The molecule has 2 rings (SSSR count). The summed E-state index contributed by atoms with van der Waals surface area (Å²) in [6.45, 7) is 4.84. The van der Waals surface area contributed by atoms with Gasteiger partial charge in [0.15, 0.2) is 6.61 Å². The maximum Gasteiger partial charge on any atom is 0.258 e. The molecule has 0 unspecified atom stereocenters. The highest BCUT2D eigenvalue weighted by molar-refractivity contribution is 5.77. The third-order valence-electron chi connectivity index (χ3n) is 3.64. The van der Waals surface area contributed by atoms with Crippen molar-refractivity contribution in [2.75, 3.05) is 6.61 Å². The molecule has 0 aliphatic carbocycles. The van der Waals surface area contributed by atoms with E-state index in [2.05, 4.69) is 36.3 Å². The first-order chi connectivity index (χ1) is 10.7. The third kappa shape index (κ3) is 4.88. The fourth-order valence-corrected chi connectivity index (χ4v) is 2.03. The average Bonchev–Trinajstić information content (AvgIpc) is 2.58. The molecule has 1 atom stereocenters. The maximum atomic E-state index is 11.8. The molecule has 0 radical (unpaired) electrons. The van der Waals surface area contributed by atoms with Gasteiger partial charge in [0.25, 0.3) is 5.91 Å². The van der Waals surface area contributed by atoms with Crippen molar-refractivity contribution in [3.8, 4) is 5.75 Å². The van der Waals surface area contributed by atoms with Crippen molar-refractivity contribution >= 4 is 5.91 Å². The van der Waals surface area contributed by atoms with E-state index in [1.165, 1.54) is 5.56 Å². The van der Waals surface area contributed by atoms with Gasteiger partial charge in [0.05, 0.1) is 0 Å². The monoisotopic (exact) mass is 298 g/mol. The van der Waals surface area contributed by atoms with Crippen molar-refractivity contribution in [3.63, 3.8) is 0 Å². The van der Waals surface area contributed by atoms with E-state index in [4.69, 9.17) is 4.74 Å². The fourth-order valence-electron chi connectivity index (χ4n) is 2.03. The number of nitrogens with one attached hydrogen (secondary N) is 1. The Balaban J connectivity index is 1.76. The van der Waals surface area contributed by atoms with Crippen LogP contribution in [0.3, 0.4) is 0 Å². The minimum atomic E-state index is -0.144. The summed E-state index contributed by atoms with van der Waals surface area (Å²) in [4.78, 5) is 15.8. The highest BCUT2D eigenvalue weighted by atomic mass is 16.5. The molecule has 2 aromatic rings. The Kier molecular flexibility index (Phi) is 5.95. The van der Waals surface area contributed by atoms with Crippen LogP contribution in [0.2, 0.25) is 0 Å². The van der Waals surface area contributed by atoms with Crippen LogP contribution in [0.25, 0.3) is 0 Å². The zero-order valence-corrected chi connectivity index (χ0v) is 13.1. The van der Waals surface area contributed by atoms with E-state index >= 15 is 0 Å². The van der Waals surface area contributed by atoms with E-state index < -0.39 is 0 Å². The van der Waals surface area contributed by atoms with E-state index in [9.17, 15) is 4.79 Å². The molecule has 0 bridgehead atoms. The quantitative estimate of drug-likeness (QED) is 0.853. The first-order valence-electron chi connectivity index (χ1n) is 7.57. The van der Waals surface area contributed by atoms with E-state index in [0.717, 1.165) is 12.0 Å². The number of hydrogen-bond donors (Lipinski definition) is 1. The minimum Gasteiger partial charge on any atom is -0.484 e. The Morgan fingerprint density at radius 2 is 2.05 bits per heavy atom. The van der Waals surface area contributed by atoms with Gasteiger partial charge in [-0.05, 0) is 41.7 Å². The summed E-state index contributed by atoms with van der Waals surface area (Å²) in [6.07, 6.45) is 4.54. The van der Waals surface area contributed by atoms with Gasteiger partial charge in [-0.1, -0.05) is 32.0 Å². The molecular weight excluding hydrogens is 276 g/mol. The molecule has 1 heterocycles. The van der Waals surface area contributed by atoms with Gasteiger partial charge in [-0.3, -0.25) is 9.78 Å². The molecule has 1 amide bonds. The highest BCUT2D eigenvalue weighted by Crippen LogP contribution is 2.21. The number of amides is 1. The second kappa shape index (κ2) is 8.17. The standard InChI is InChI=1S/C18H22N2O2/c1-3-14(2)16-6-8-17(9-7-16)22-13-18(21)20-12-15-5-4-10-19-11-15/h4-11,14H,3,12-13H2,1-2H3,(H,20,21)/t14-/m1/s1. The summed E-state index contributed by atoms with van der Waals surface area (Å²) >= 11 is 0. The number of carbonyl (C=O) groups excluding carboxylic acids is 1. The van der Waals surface area contributed by atoms with Gasteiger partial charge < -0.3 is 10.1 Å². The average molecular weight is 298 g/mol. The molecule has 4 heteroatoms. The lowest BCUT2D eigenvalue weighted by Crippen LogP contribution is -2.28. The Hall–Kier alpha value is -2.36. The van der Waals surface area contributed by atoms with Gasteiger partial charge in [-0.25, -0.2) is 0 Å². The molecule has 0 fully saturated rings. The van der Waals surface area contributed by atoms with Crippen molar-refractivity contribution in [2.45, 2.75) is 32.7 Å². The second-order valence-corrected chi connectivity index (χ2v) is 5.31. The number of rotatable bonds is 7. The largest absolute Gasteiger partial charge is 0.484 e. The van der Waals surface area contributed by atoms with E-state index in [1.807, 2.05) is 24.3 Å². The molecule has 0 aliphatic heterocycles. The lowest BCUT2D eigenvalue weighted by atomic mass is 9.99. The van der Waals surface area contributed by atoms with E-state index in [1.54, 1.807) is 12.4 Å². The van der Waals surface area contributed by atoms with Gasteiger partial charge in [0.1, 0.15) is 5.75 Å². The molecule has 0 saturated carbocycles. The van der Waals surface area contributed by atoms with Crippen LogP contribution in [0.5, 0.6) is 5.75 Å². The van der Waals surface area contributed by atoms with Gasteiger partial charge in [0.2, 0.25) is 0 Å². The van der Waals surface area contributed by atoms with Gasteiger partial charge in [-0.2, -0.15) is 0 Å². The Bertz CT molecular complexity index is 582. The third-order valence-corrected chi connectivity index (χ3v) is 3.64. The normalized spacial score (nSPS) is 11.7. The first-order valence-corrected chi connectivity index (χ1v) is 7.57. The zero-order chi connectivity index (χ0) is 15.8. The highest BCUT2D eigenvalue weighted by Gasteiger charge is 2.05. The molecule has 4 nitrogen and oxygen atoms in total. The Labute approximate surface area is 131 Å². The molecule has 116 valence electrons. The van der Waals surface area contributed by atoms with E-state index in [0.29, 0.717) is 18.2 Å². The van der Waals surface area contributed by atoms with Crippen molar-refractivity contribution in [2.24, 2.45) is 0 Å². The van der Waals surface area contributed by atoms with Crippen LogP contribution >= 0.6 is 0 Å². The molecule has 1 N–H and O–H groups in total. The van der Waals surface area contributed by atoms with Crippen LogP contribution in [-0.4, -0.2) is 17.5 Å². The number of nitrogens with zero attached hydrogens (tertiary/aromatic N) is 1. The number of pyridine rings is 1. The summed E-state index contributed by atoms with van der Waals surface area (Å²) in [7, 11) is 0. The molecule has 1 aromatic heterocycles. The van der Waals surface area contributed by atoms with Gasteiger partial charge >= 0.3 is 0 Å². The molecule has 1 aromatic carbocycles. The number of carbonyl (C=O) groups is 1. The zero-order valence-electron chi connectivity index (χ0n) is 13.1. The van der Waals surface area contributed by atoms with Crippen LogP contribution in [-0.2, 0) is 11.3 Å². The summed E-state index contributed by atoms with van der Waals surface area (Å²) in [5.41, 5.74) is 2.25. The number of aromatic nitrogens is 1. The predicted octanol–water partition coefficient (Wildman–Crippen LogP) is 3.29. The SMILES string of the molecule is CC[C@@H](C)c1ccc(OCC(=O)NCc2cccnc2)cc1. The molecule has 0 saturated heterocycles. The summed E-state index contributed by atoms with van der Waals surface area (Å²) in [5.74, 6) is 1.11. The van der Waals surface area contributed by atoms with Crippen LogP contribution in [0, 0.1) is 0 Å². The summed E-state index contributed by atoms with van der Waals surface area (Å²) in [6, 6.07) is 11.7. The minimum absolute atomic E-state index is 0.0168. The Morgan fingerprint density at radius 3 is 2.68 bits per heavy atom. The topological polar surface area (TPSA) is 51.2 Å². The van der Waals surface area contributed by atoms with Crippen LogP contribution in [0.15, 0.2) is 48.8 Å². The van der Waals surface area contributed by atoms with Crippen molar-refractivity contribution < 1.29 is 9.53 Å². The fraction of sp³-hybridized carbons (Fsp3) is 0.333. The number of benzene rings is 1. The second-order valence-electron chi connectivity index (χ2n) is 5.31. The van der Waals surface area contributed by atoms with Crippen molar-refractivity contribution in [1.82, 2.24) is 10.3 Å². The van der Waals surface area contributed by atoms with Crippen LogP contribution in [0.1, 0.15) is 37.3 Å². The molecule has 0 spiro atoms. The number of ether oxygens (including phenoxy) is 1. The maximum absolute atomic E-state index is 11.8. The predicted molar refractivity (Wildman–Crippen MR) is 86.7 cm³/mol. The van der Waals surface area contributed by atoms with Crippen LogP contribution in [0.4, 0.5) is 0 Å². The first kappa shape index (κ1) is 16.0. The molecule has 22 heavy (non-hydrogen) atoms. The van der Waals surface area contributed by atoms with Crippen LogP contribution < -0.4 is 10.1 Å². The molecular formula is C18H22N2O2. The summed E-state index contributed by atoms with van der Waals surface area (Å²) in [5, 5.41) is 2.80. The Morgan fingerprint density at radius 1 is 1.27 bits per heavy atom. The lowest BCUT2D eigenvalue weighted by molar-refractivity contribution is -0.123.